The molecule has 0 saturated heterocycles. The van der Waals surface area contributed by atoms with E-state index in [1.807, 2.05) is 24.4 Å². The van der Waals surface area contributed by atoms with Crippen molar-refractivity contribution in [1.82, 2.24) is 10.0 Å². The summed E-state index contributed by atoms with van der Waals surface area (Å²) >= 11 is 1.57. The monoisotopic (exact) mass is 274 g/mol. The van der Waals surface area contributed by atoms with E-state index < -0.39 is 10.0 Å². The van der Waals surface area contributed by atoms with Gasteiger partial charge in [-0.05, 0) is 31.2 Å². The van der Waals surface area contributed by atoms with Gasteiger partial charge in [-0.15, -0.1) is 11.3 Å². The molecule has 1 saturated carbocycles. The van der Waals surface area contributed by atoms with Gasteiger partial charge in [0.1, 0.15) is 0 Å². The first-order valence-corrected chi connectivity index (χ1v) is 8.37. The van der Waals surface area contributed by atoms with Crippen molar-refractivity contribution >= 4 is 21.4 Å². The average Bonchev–Trinajstić information content (AvgIpc) is 2.91. The highest BCUT2D eigenvalue weighted by molar-refractivity contribution is 7.89. The van der Waals surface area contributed by atoms with E-state index in [4.69, 9.17) is 0 Å². The minimum Gasteiger partial charge on any atom is -0.313 e. The quantitative estimate of drug-likeness (QED) is 0.792. The van der Waals surface area contributed by atoms with Crippen molar-refractivity contribution in [3.8, 4) is 0 Å². The lowest BCUT2D eigenvalue weighted by molar-refractivity contribution is 0.564. The highest BCUT2D eigenvalue weighted by Crippen LogP contribution is 2.19. The van der Waals surface area contributed by atoms with Gasteiger partial charge in [0.25, 0.3) is 0 Å². The normalized spacial score (nSPS) is 18.2. The number of hydrogen-bond acceptors (Lipinski definition) is 4. The lowest BCUT2D eigenvalue weighted by Crippen LogP contribution is -2.33. The number of nitrogens with one attached hydrogen (secondary N) is 2. The van der Waals surface area contributed by atoms with Gasteiger partial charge in [-0.25, -0.2) is 13.1 Å². The molecule has 0 amide bonds. The Hall–Kier alpha value is -0.430. The molecule has 96 valence electrons. The van der Waals surface area contributed by atoms with Crippen LogP contribution in [0.25, 0.3) is 0 Å². The van der Waals surface area contributed by atoms with Crippen LogP contribution in [0.1, 0.15) is 30.7 Å². The van der Waals surface area contributed by atoms with Gasteiger partial charge in [-0.2, -0.15) is 0 Å². The van der Waals surface area contributed by atoms with Gasteiger partial charge >= 0.3 is 0 Å². The van der Waals surface area contributed by atoms with Crippen LogP contribution in [-0.2, 0) is 10.0 Å². The average molecular weight is 274 g/mol. The Morgan fingerprint density at radius 1 is 1.53 bits per heavy atom. The van der Waals surface area contributed by atoms with E-state index in [1.165, 1.54) is 12.8 Å². The highest BCUT2D eigenvalue weighted by Gasteiger charge is 2.22. The summed E-state index contributed by atoms with van der Waals surface area (Å²) in [7, 11) is -3.18. The number of rotatable bonds is 7. The van der Waals surface area contributed by atoms with Gasteiger partial charge in [0.05, 0.1) is 11.8 Å². The maximum Gasteiger partial charge on any atom is 0.213 e. The maximum absolute atomic E-state index is 11.8. The highest BCUT2D eigenvalue weighted by atomic mass is 32.2. The molecule has 0 aliphatic heterocycles. The molecule has 0 bridgehead atoms. The van der Waals surface area contributed by atoms with Crippen LogP contribution in [0.15, 0.2) is 17.5 Å². The Bertz CT molecular complexity index is 438. The van der Waals surface area contributed by atoms with Crippen LogP contribution in [0.4, 0.5) is 0 Å². The van der Waals surface area contributed by atoms with E-state index in [2.05, 4.69) is 10.0 Å². The predicted octanol–water partition coefficient (Wildman–Crippen LogP) is 1.48. The summed E-state index contributed by atoms with van der Waals surface area (Å²) in [5, 5.41) is 5.16. The first kappa shape index (κ1) is 13.0. The van der Waals surface area contributed by atoms with Crippen molar-refractivity contribution in [3.63, 3.8) is 0 Å². The summed E-state index contributed by atoms with van der Waals surface area (Å²) in [6, 6.07) is 4.29. The zero-order valence-corrected chi connectivity index (χ0v) is 11.5. The minimum absolute atomic E-state index is 0.138. The molecule has 0 radical (unpaired) electrons. The first-order valence-electron chi connectivity index (χ1n) is 5.83. The van der Waals surface area contributed by atoms with Crippen LogP contribution in [0.2, 0.25) is 0 Å². The lowest BCUT2D eigenvalue weighted by atomic mass is 10.3. The molecule has 2 N–H and O–H groups in total. The molecule has 1 unspecified atom stereocenters. The zero-order valence-electron chi connectivity index (χ0n) is 9.85. The fourth-order valence-corrected chi connectivity index (χ4v) is 3.59. The van der Waals surface area contributed by atoms with Gasteiger partial charge in [0, 0.05) is 17.5 Å². The fraction of sp³-hybridized carbons (Fsp3) is 0.636. The Morgan fingerprint density at radius 3 is 2.88 bits per heavy atom. The summed E-state index contributed by atoms with van der Waals surface area (Å²) in [5.74, 6) is 0.152. The van der Waals surface area contributed by atoms with Crippen LogP contribution in [0.3, 0.4) is 0 Å². The summed E-state index contributed by atoms with van der Waals surface area (Å²) in [6.07, 6.45) is 2.36. The molecule has 1 heterocycles. The molecular weight excluding hydrogens is 256 g/mol. The lowest BCUT2D eigenvalue weighted by Gasteiger charge is -2.12. The maximum atomic E-state index is 11.8. The van der Waals surface area contributed by atoms with Gasteiger partial charge < -0.3 is 5.32 Å². The third-order valence-electron chi connectivity index (χ3n) is 2.71. The molecular formula is C11H18N2O2S2. The molecule has 0 aromatic carbocycles. The summed E-state index contributed by atoms with van der Waals surface area (Å²) < 4.78 is 26.3. The second kappa shape index (κ2) is 5.48. The predicted molar refractivity (Wildman–Crippen MR) is 70.7 cm³/mol. The van der Waals surface area contributed by atoms with E-state index in [9.17, 15) is 8.42 Å². The van der Waals surface area contributed by atoms with Crippen molar-refractivity contribution in [3.05, 3.63) is 22.4 Å². The molecule has 1 atom stereocenters. The van der Waals surface area contributed by atoms with E-state index in [-0.39, 0.29) is 11.8 Å². The molecule has 1 aromatic heterocycles. The molecule has 1 aliphatic rings. The van der Waals surface area contributed by atoms with Crippen molar-refractivity contribution in [2.24, 2.45) is 0 Å². The zero-order chi connectivity index (χ0) is 12.3. The van der Waals surface area contributed by atoms with Gasteiger partial charge in [0.15, 0.2) is 0 Å². The summed E-state index contributed by atoms with van der Waals surface area (Å²) in [5.41, 5.74) is 0. The molecule has 1 aliphatic carbocycles. The Kier molecular flexibility index (Phi) is 4.19. The summed E-state index contributed by atoms with van der Waals surface area (Å²) in [6.45, 7) is 2.41. The van der Waals surface area contributed by atoms with E-state index >= 15 is 0 Å². The second-order valence-corrected chi connectivity index (χ2v) is 7.25. The Labute approximate surface area is 106 Å². The van der Waals surface area contributed by atoms with E-state index in [0.717, 1.165) is 4.88 Å². The van der Waals surface area contributed by atoms with E-state index in [0.29, 0.717) is 12.6 Å². The van der Waals surface area contributed by atoms with Crippen molar-refractivity contribution in [2.75, 3.05) is 12.3 Å². The van der Waals surface area contributed by atoms with Crippen molar-refractivity contribution < 1.29 is 8.42 Å². The van der Waals surface area contributed by atoms with Crippen LogP contribution in [0, 0.1) is 0 Å². The molecule has 0 spiro atoms. The van der Waals surface area contributed by atoms with Crippen molar-refractivity contribution in [2.45, 2.75) is 31.8 Å². The fourth-order valence-electron chi connectivity index (χ4n) is 1.61. The van der Waals surface area contributed by atoms with Gasteiger partial charge in [-0.1, -0.05) is 6.07 Å². The van der Waals surface area contributed by atoms with Crippen LogP contribution in [0.5, 0.6) is 0 Å². The first-order chi connectivity index (χ1) is 8.07. The molecule has 6 heteroatoms. The third kappa shape index (κ3) is 4.39. The number of hydrogen-bond donors (Lipinski definition) is 2. The SMILES string of the molecule is CC(NS(=O)(=O)CCNC1CC1)c1cccs1. The molecule has 17 heavy (non-hydrogen) atoms. The van der Waals surface area contributed by atoms with E-state index in [1.54, 1.807) is 11.3 Å². The second-order valence-electron chi connectivity index (χ2n) is 4.40. The Morgan fingerprint density at radius 2 is 2.29 bits per heavy atom. The largest absolute Gasteiger partial charge is 0.313 e. The number of thiophene rings is 1. The molecule has 1 fully saturated rings. The minimum atomic E-state index is -3.18. The van der Waals surface area contributed by atoms with Crippen LogP contribution < -0.4 is 10.0 Å². The van der Waals surface area contributed by atoms with Gasteiger partial charge in [-0.3, -0.25) is 0 Å². The summed E-state index contributed by atoms with van der Waals surface area (Å²) in [4.78, 5) is 1.05. The van der Waals surface area contributed by atoms with Gasteiger partial charge in [0.2, 0.25) is 10.0 Å². The van der Waals surface area contributed by atoms with Crippen LogP contribution in [-0.4, -0.2) is 26.8 Å². The number of sulfonamides is 1. The Balaban J connectivity index is 1.79. The topological polar surface area (TPSA) is 58.2 Å². The third-order valence-corrected chi connectivity index (χ3v) is 5.22. The molecule has 1 aromatic rings. The molecule has 2 rings (SSSR count). The smallest absolute Gasteiger partial charge is 0.213 e. The standard InChI is InChI=1S/C11H18N2O2S2/c1-9(11-3-2-7-16-11)13-17(14,15)8-6-12-10-4-5-10/h2-3,7,9-10,12-13H,4-6,8H2,1H3. The van der Waals surface area contributed by atoms with Crippen molar-refractivity contribution in [1.29, 1.82) is 0 Å². The van der Waals surface area contributed by atoms with Crippen LogP contribution >= 0.6 is 11.3 Å². The molecule has 4 nitrogen and oxygen atoms in total.